The van der Waals surface area contributed by atoms with E-state index in [1.807, 2.05) is 37.3 Å². The number of benzene rings is 1. The van der Waals surface area contributed by atoms with Crippen molar-refractivity contribution in [2.45, 2.75) is 25.5 Å². The number of rotatable bonds is 7. The summed E-state index contributed by atoms with van der Waals surface area (Å²) >= 11 is 0. The van der Waals surface area contributed by atoms with Crippen molar-refractivity contribution in [3.05, 3.63) is 54.5 Å². The molecule has 0 aliphatic carbocycles. The number of aliphatic hydroxyl groups is 1. The Hall–Kier alpha value is -2.11. The van der Waals surface area contributed by atoms with Crippen LogP contribution in [0.15, 0.2) is 53.1 Å². The number of anilines is 1. The van der Waals surface area contributed by atoms with E-state index in [1.54, 1.807) is 24.1 Å². The second-order valence-electron chi connectivity index (χ2n) is 5.33. The van der Waals surface area contributed by atoms with Crippen LogP contribution in [0.3, 0.4) is 0 Å². The Morgan fingerprint density at radius 1 is 1.27 bits per heavy atom. The van der Waals surface area contributed by atoms with Crippen LogP contribution in [-0.2, 0) is 4.79 Å². The minimum absolute atomic E-state index is 0.0266. The average Bonchev–Trinajstić information content (AvgIpc) is 3.07. The first-order chi connectivity index (χ1) is 10.6. The highest BCUT2D eigenvalue weighted by Crippen LogP contribution is 2.14. The summed E-state index contributed by atoms with van der Waals surface area (Å²) in [7, 11) is 1.77. The zero-order valence-corrected chi connectivity index (χ0v) is 12.9. The Morgan fingerprint density at radius 3 is 2.64 bits per heavy atom. The lowest BCUT2D eigenvalue weighted by atomic mass is 10.2. The number of carbonyl (C=O) groups is 1. The predicted octanol–water partition coefficient (Wildman–Crippen LogP) is 2.34. The van der Waals surface area contributed by atoms with Crippen LogP contribution in [0.25, 0.3) is 0 Å². The number of para-hydroxylation sites is 1. The monoisotopic (exact) mass is 302 g/mol. The Bertz CT molecular complexity index is 569. The number of furan rings is 1. The van der Waals surface area contributed by atoms with Crippen LogP contribution in [0.1, 0.15) is 25.2 Å². The van der Waals surface area contributed by atoms with E-state index in [1.165, 1.54) is 6.26 Å². The quantitative estimate of drug-likeness (QED) is 0.824. The number of hydrogen-bond donors (Lipinski definition) is 2. The Morgan fingerprint density at radius 2 is 2.00 bits per heavy atom. The number of carbonyl (C=O) groups excluding carboxylic acids is 1. The summed E-state index contributed by atoms with van der Waals surface area (Å²) in [6.07, 6.45) is 1.18. The number of amides is 1. The normalized spacial score (nSPS) is 13.6. The molecule has 0 bridgehead atoms. The Kier molecular flexibility index (Phi) is 5.75. The standard InChI is InChI=1S/C17H22N2O3/c1-13(18-12-15(20)16-9-6-10-22-16)11-17(21)19(2)14-7-4-3-5-8-14/h3-10,13,15,18,20H,11-12H2,1-2H3. The molecule has 5 nitrogen and oxygen atoms in total. The molecule has 22 heavy (non-hydrogen) atoms. The van der Waals surface area contributed by atoms with Gasteiger partial charge in [0.1, 0.15) is 11.9 Å². The van der Waals surface area contributed by atoms with Gasteiger partial charge in [0.2, 0.25) is 5.91 Å². The number of nitrogens with one attached hydrogen (secondary N) is 1. The first-order valence-electron chi connectivity index (χ1n) is 7.34. The molecule has 5 heteroatoms. The third kappa shape index (κ3) is 4.44. The zero-order valence-electron chi connectivity index (χ0n) is 12.9. The molecule has 0 aliphatic heterocycles. The highest BCUT2D eigenvalue weighted by atomic mass is 16.4. The van der Waals surface area contributed by atoms with Gasteiger partial charge in [-0.2, -0.15) is 0 Å². The average molecular weight is 302 g/mol. The summed E-state index contributed by atoms with van der Waals surface area (Å²) in [6, 6.07) is 12.9. The van der Waals surface area contributed by atoms with Crippen LogP contribution >= 0.6 is 0 Å². The van der Waals surface area contributed by atoms with Crippen molar-refractivity contribution < 1.29 is 14.3 Å². The highest BCUT2D eigenvalue weighted by molar-refractivity contribution is 5.93. The van der Waals surface area contributed by atoms with E-state index in [0.29, 0.717) is 18.7 Å². The molecule has 2 rings (SSSR count). The van der Waals surface area contributed by atoms with Crippen LogP contribution in [0, 0.1) is 0 Å². The van der Waals surface area contributed by atoms with Crippen LogP contribution in [-0.4, -0.2) is 30.6 Å². The maximum absolute atomic E-state index is 12.2. The molecule has 1 amide bonds. The Labute approximate surface area is 130 Å². The molecule has 118 valence electrons. The largest absolute Gasteiger partial charge is 0.467 e. The van der Waals surface area contributed by atoms with Gasteiger partial charge in [0, 0.05) is 31.7 Å². The van der Waals surface area contributed by atoms with Gasteiger partial charge in [-0.05, 0) is 31.2 Å². The molecular formula is C17H22N2O3. The third-order valence-electron chi connectivity index (χ3n) is 3.53. The molecule has 1 aromatic heterocycles. The molecule has 2 aromatic rings. The van der Waals surface area contributed by atoms with Gasteiger partial charge >= 0.3 is 0 Å². The smallest absolute Gasteiger partial charge is 0.228 e. The van der Waals surface area contributed by atoms with Gasteiger partial charge in [0.15, 0.2) is 0 Å². The topological polar surface area (TPSA) is 65.7 Å². The first-order valence-corrected chi connectivity index (χ1v) is 7.34. The lowest BCUT2D eigenvalue weighted by Crippen LogP contribution is -2.36. The van der Waals surface area contributed by atoms with Gasteiger partial charge in [-0.15, -0.1) is 0 Å². The van der Waals surface area contributed by atoms with Gasteiger partial charge in [-0.1, -0.05) is 18.2 Å². The molecular weight excluding hydrogens is 280 g/mol. The van der Waals surface area contributed by atoms with Gasteiger partial charge in [-0.3, -0.25) is 4.79 Å². The minimum atomic E-state index is -0.709. The molecule has 0 spiro atoms. The van der Waals surface area contributed by atoms with E-state index in [9.17, 15) is 9.90 Å². The Balaban J connectivity index is 1.79. The second kappa shape index (κ2) is 7.77. The molecule has 0 aliphatic rings. The molecule has 1 aromatic carbocycles. The van der Waals surface area contributed by atoms with Crippen molar-refractivity contribution in [2.75, 3.05) is 18.5 Å². The number of aliphatic hydroxyl groups excluding tert-OH is 1. The van der Waals surface area contributed by atoms with Gasteiger partial charge < -0.3 is 19.7 Å². The van der Waals surface area contributed by atoms with E-state index < -0.39 is 6.10 Å². The molecule has 2 N–H and O–H groups in total. The zero-order chi connectivity index (χ0) is 15.9. The molecule has 0 saturated carbocycles. The van der Waals surface area contributed by atoms with Gasteiger partial charge in [0.25, 0.3) is 0 Å². The summed E-state index contributed by atoms with van der Waals surface area (Å²) in [5.41, 5.74) is 0.871. The number of hydrogen-bond acceptors (Lipinski definition) is 4. The van der Waals surface area contributed by atoms with Crippen LogP contribution in [0.4, 0.5) is 5.69 Å². The second-order valence-corrected chi connectivity index (χ2v) is 5.33. The van der Waals surface area contributed by atoms with Crippen molar-refractivity contribution in [3.63, 3.8) is 0 Å². The van der Waals surface area contributed by atoms with Crippen LogP contribution in [0.5, 0.6) is 0 Å². The SMILES string of the molecule is CC(CC(=O)N(C)c1ccccc1)NCC(O)c1ccco1. The van der Waals surface area contributed by atoms with Crippen molar-refractivity contribution in [1.82, 2.24) is 5.32 Å². The molecule has 1 heterocycles. The fourth-order valence-corrected chi connectivity index (χ4v) is 2.16. The summed E-state index contributed by atoms with van der Waals surface area (Å²) < 4.78 is 5.14. The van der Waals surface area contributed by atoms with Crippen molar-refractivity contribution in [2.24, 2.45) is 0 Å². The fourth-order valence-electron chi connectivity index (χ4n) is 2.16. The summed E-state index contributed by atoms with van der Waals surface area (Å²) in [5, 5.41) is 13.1. The lowest BCUT2D eigenvalue weighted by Gasteiger charge is -2.21. The highest BCUT2D eigenvalue weighted by Gasteiger charge is 2.16. The predicted molar refractivity (Wildman–Crippen MR) is 85.6 cm³/mol. The first kappa shape index (κ1) is 16.3. The van der Waals surface area contributed by atoms with Crippen LogP contribution in [0.2, 0.25) is 0 Å². The van der Waals surface area contributed by atoms with Crippen molar-refractivity contribution in [1.29, 1.82) is 0 Å². The maximum Gasteiger partial charge on any atom is 0.228 e. The summed E-state index contributed by atoms with van der Waals surface area (Å²) in [6.45, 7) is 2.27. The van der Waals surface area contributed by atoms with Gasteiger partial charge in [-0.25, -0.2) is 0 Å². The number of nitrogens with zero attached hydrogens (tertiary/aromatic N) is 1. The van der Waals surface area contributed by atoms with E-state index in [0.717, 1.165) is 5.69 Å². The third-order valence-corrected chi connectivity index (χ3v) is 3.53. The van der Waals surface area contributed by atoms with Crippen molar-refractivity contribution in [3.8, 4) is 0 Å². The van der Waals surface area contributed by atoms with E-state index in [2.05, 4.69) is 5.32 Å². The fraction of sp³-hybridized carbons (Fsp3) is 0.353. The molecule has 0 saturated heterocycles. The van der Waals surface area contributed by atoms with E-state index in [4.69, 9.17) is 4.42 Å². The molecule has 0 fully saturated rings. The van der Waals surface area contributed by atoms with Gasteiger partial charge in [0.05, 0.1) is 6.26 Å². The van der Waals surface area contributed by atoms with E-state index >= 15 is 0 Å². The molecule has 2 atom stereocenters. The molecule has 2 unspecified atom stereocenters. The maximum atomic E-state index is 12.2. The van der Waals surface area contributed by atoms with Crippen molar-refractivity contribution >= 4 is 11.6 Å². The molecule has 0 radical (unpaired) electrons. The lowest BCUT2D eigenvalue weighted by molar-refractivity contribution is -0.118. The summed E-state index contributed by atoms with van der Waals surface area (Å²) in [5.74, 6) is 0.547. The van der Waals surface area contributed by atoms with Crippen LogP contribution < -0.4 is 10.2 Å². The minimum Gasteiger partial charge on any atom is -0.467 e. The van der Waals surface area contributed by atoms with E-state index in [-0.39, 0.29) is 11.9 Å². The summed E-state index contributed by atoms with van der Waals surface area (Å²) in [4.78, 5) is 13.9.